The van der Waals surface area contributed by atoms with Gasteiger partial charge in [-0.1, -0.05) is 6.07 Å². The molecular weight excluding hydrogens is 188 g/mol. The normalized spacial score (nSPS) is 10.3. The molecule has 11 heavy (non-hydrogen) atoms. The van der Waals surface area contributed by atoms with Crippen LogP contribution in [0.1, 0.15) is 0 Å². The minimum atomic E-state index is -3.61. The molecule has 0 fully saturated rings. The van der Waals surface area contributed by atoms with Gasteiger partial charge in [0.25, 0.3) is 10.0 Å². The topological polar surface area (TPSA) is 73.1 Å². The highest BCUT2D eigenvalue weighted by Gasteiger charge is 2.05. The first kappa shape index (κ1) is 10.3. The van der Waals surface area contributed by atoms with Crippen molar-refractivity contribution >= 4 is 22.4 Å². The minimum Gasteiger partial charge on any atom is -0.243 e. The Balaban J connectivity index is 0.000001000. The van der Waals surface area contributed by atoms with Gasteiger partial charge in [0.15, 0.2) is 5.03 Å². The van der Waals surface area contributed by atoms with Crippen molar-refractivity contribution in [3.63, 3.8) is 0 Å². The lowest BCUT2D eigenvalue weighted by Crippen LogP contribution is -2.13. The van der Waals surface area contributed by atoms with Crippen LogP contribution in [-0.4, -0.2) is 13.4 Å². The molecule has 1 aromatic rings. The highest BCUT2D eigenvalue weighted by atomic mass is 35.5. The molecule has 0 atom stereocenters. The van der Waals surface area contributed by atoms with E-state index >= 15 is 0 Å². The largest absolute Gasteiger partial charge is 0.255 e. The molecule has 62 valence electrons. The number of primary sulfonamides is 1. The van der Waals surface area contributed by atoms with Gasteiger partial charge in [0.1, 0.15) is 0 Å². The minimum absolute atomic E-state index is 0. The first-order valence-corrected chi connectivity index (χ1v) is 4.09. The highest BCUT2D eigenvalue weighted by molar-refractivity contribution is 7.89. The van der Waals surface area contributed by atoms with Crippen molar-refractivity contribution in [2.45, 2.75) is 5.03 Å². The maximum Gasteiger partial charge on any atom is 0.255 e. The van der Waals surface area contributed by atoms with Gasteiger partial charge < -0.3 is 0 Å². The molecule has 1 rings (SSSR count). The number of hydrogen-bond donors (Lipinski definition) is 1. The molecule has 0 aromatic carbocycles. The van der Waals surface area contributed by atoms with E-state index in [1.807, 2.05) is 0 Å². The lowest BCUT2D eigenvalue weighted by molar-refractivity contribution is 0.594. The van der Waals surface area contributed by atoms with Gasteiger partial charge in [-0.15, -0.1) is 12.4 Å². The van der Waals surface area contributed by atoms with Crippen LogP contribution < -0.4 is 5.14 Å². The van der Waals surface area contributed by atoms with Gasteiger partial charge >= 0.3 is 0 Å². The summed E-state index contributed by atoms with van der Waals surface area (Å²) in [4.78, 5) is 3.54. The van der Waals surface area contributed by atoms with Crippen LogP contribution in [0.2, 0.25) is 0 Å². The summed E-state index contributed by atoms with van der Waals surface area (Å²) in [6.07, 6.45) is 1.37. The standard InChI is InChI=1S/C5H6N2O2S.ClH/c6-10(8,9)5-3-1-2-4-7-5;/h1-4H,(H2,6,8,9);1H. The van der Waals surface area contributed by atoms with E-state index in [1.54, 1.807) is 12.1 Å². The fourth-order valence-electron chi connectivity index (χ4n) is 0.515. The molecule has 0 bridgehead atoms. The predicted octanol–water partition coefficient (Wildman–Crippen LogP) is 0.151. The average Bonchev–Trinajstić information content (AvgIpc) is 1.88. The van der Waals surface area contributed by atoms with Crippen molar-refractivity contribution in [2.75, 3.05) is 0 Å². The average molecular weight is 195 g/mol. The molecular formula is C5H7ClN2O2S. The molecule has 1 heterocycles. The summed E-state index contributed by atoms with van der Waals surface area (Å²) < 4.78 is 21.1. The van der Waals surface area contributed by atoms with Gasteiger partial charge in [0, 0.05) is 6.20 Å². The predicted molar refractivity (Wildman–Crippen MR) is 42.9 cm³/mol. The summed E-state index contributed by atoms with van der Waals surface area (Å²) in [5.74, 6) is 0. The summed E-state index contributed by atoms with van der Waals surface area (Å²) in [7, 11) is -3.61. The van der Waals surface area contributed by atoms with Gasteiger partial charge in [-0.05, 0) is 12.1 Å². The van der Waals surface area contributed by atoms with E-state index in [1.165, 1.54) is 12.3 Å². The summed E-state index contributed by atoms with van der Waals surface area (Å²) >= 11 is 0. The summed E-state index contributed by atoms with van der Waals surface area (Å²) in [5, 5.41) is 4.66. The van der Waals surface area contributed by atoms with Crippen LogP contribution in [-0.2, 0) is 10.0 Å². The molecule has 2 N–H and O–H groups in total. The third kappa shape index (κ3) is 2.83. The van der Waals surface area contributed by atoms with Gasteiger partial charge in [0.2, 0.25) is 0 Å². The first-order valence-electron chi connectivity index (χ1n) is 2.54. The van der Waals surface area contributed by atoms with Crippen molar-refractivity contribution in [2.24, 2.45) is 5.14 Å². The van der Waals surface area contributed by atoms with Crippen LogP contribution >= 0.6 is 12.4 Å². The summed E-state index contributed by atoms with van der Waals surface area (Å²) in [5.41, 5.74) is 0. The second-order valence-electron chi connectivity index (χ2n) is 1.71. The van der Waals surface area contributed by atoms with Crippen molar-refractivity contribution in [3.8, 4) is 0 Å². The molecule has 0 aliphatic heterocycles. The molecule has 0 amide bonds. The summed E-state index contributed by atoms with van der Waals surface area (Å²) in [6.45, 7) is 0. The molecule has 0 spiro atoms. The van der Waals surface area contributed by atoms with Crippen molar-refractivity contribution in [1.82, 2.24) is 4.98 Å². The van der Waals surface area contributed by atoms with Gasteiger partial charge in [0.05, 0.1) is 0 Å². The molecule has 0 aliphatic carbocycles. The molecule has 4 nitrogen and oxygen atoms in total. The summed E-state index contributed by atoms with van der Waals surface area (Å²) in [6, 6.07) is 4.52. The molecule has 6 heteroatoms. The Morgan fingerprint density at radius 1 is 1.36 bits per heavy atom. The quantitative estimate of drug-likeness (QED) is 0.692. The second kappa shape index (κ2) is 3.66. The highest BCUT2D eigenvalue weighted by Crippen LogP contribution is 1.98. The number of halogens is 1. The third-order valence-electron chi connectivity index (χ3n) is 0.929. The zero-order valence-corrected chi connectivity index (χ0v) is 7.10. The molecule has 0 unspecified atom stereocenters. The molecule has 0 radical (unpaired) electrons. The van der Waals surface area contributed by atoms with E-state index in [0.717, 1.165) is 0 Å². The van der Waals surface area contributed by atoms with E-state index in [-0.39, 0.29) is 17.4 Å². The SMILES string of the molecule is Cl.NS(=O)(=O)c1ccccn1. The Kier molecular flexibility index (Phi) is 3.44. The number of sulfonamides is 1. The number of hydrogen-bond acceptors (Lipinski definition) is 3. The van der Waals surface area contributed by atoms with Crippen molar-refractivity contribution in [1.29, 1.82) is 0 Å². The van der Waals surface area contributed by atoms with Crippen LogP contribution in [0, 0.1) is 0 Å². The van der Waals surface area contributed by atoms with E-state index in [2.05, 4.69) is 4.98 Å². The smallest absolute Gasteiger partial charge is 0.243 e. The Morgan fingerprint density at radius 2 is 2.00 bits per heavy atom. The number of pyridine rings is 1. The Bertz CT molecular complexity index is 311. The number of nitrogens with zero attached hydrogens (tertiary/aromatic N) is 1. The van der Waals surface area contributed by atoms with E-state index < -0.39 is 10.0 Å². The Morgan fingerprint density at radius 3 is 2.27 bits per heavy atom. The van der Waals surface area contributed by atoms with E-state index in [0.29, 0.717) is 0 Å². The molecule has 0 saturated heterocycles. The van der Waals surface area contributed by atoms with Crippen LogP contribution in [0.15, 0.2) is 29.4 Å². The van der Waals surface area contributed by atoms with Crippen LogP contribution in [0.5, 0.6) is 0 Å². The molecule has 1 aromatic heterocycles. The number of nitrogens with two attached hydrogens (primary N) is 1. The lowest BCUT2D eigenvalue weighted by Gasteiger charge is -1.92. The molecule has 0 aliphatic rings. The Labute approximate surface area is 70.9 Å². The third-order valence-corrected chi connectivity index (χ3v) is 1.75. The van der Waals surface area contributed by atoms with Crippen LogP contribution in [0.3, 0.4) is 0 Å². The van der Waals surface area contributed by atoms with Gasteiger partial charge in [-0.2, -0.15) is 0 Å². The van der Waals surface area contributed by atoms with Crippen molar-refractivity contribution in [3.05, 3.63) is 24.4 Å². The Hall–Kier alpha value is -0.650. The lowest BCUT2D eigenvalue weighted by atomic mass is 10.5. The first-order chi connectivity index (χ1) is 4.61. The monoisotopic (exact) mass is 194 g/mol. The van der Waals surface area contributed by atoms with Gasteiger partial charge in [-0.3, -0.25) is 0 Å². The molecule has 0 saturated carbocycles. The fraction of sp³-hybridized carbons (Fsp3) is 0. The second-order valence-corrected chi connectivity index (χ2v) is 3.22. The van der Waals surface area contributed by atoms with E-state index in [4.69, 9.17) is 5.14 Å². The van der Waals surface area contributed by atoms with Gasteiger partial charge in [-0.25, -0.2) is 18.5 Å². The van der Waals surface area contributed by atoms with Crippen LogP contribution in [0.25, 0.3) is 0 Å². The number of aromatic nitrogens is 1. The maximum absolute atomic E-state index is 10.5. The maximum atomic E-state index is 10.5. The zero-order valence-electron chi connectivity index (χ0n) is 5.47. The zero-order chi connectivity index (χ0) is 7.61. The fourth-order valence-corrected chi connectivity index (χ4v) is 0.991. The van der Waals surface area contributed by atoms with E-state index in [9.17, 15) is 8.42 Å². The van der Waals surface area contributed by atoms with Crippen LogP contribution in [0.4, 0.5) is 0 Å². The number of rotatable bonds is 1. The van der Waals surface area contributed by atoms with Crippen molar-refractivity contribution < 1.29 is 8.42 Å².